The average molecular weight is 222 g/mol. The van der Waals surface area contributed by atoms with Gasteiger partial charge in [0.25, 0.3) is 0 Å². The summed E-state index contributed by atoms with van der Waals surface area (Å²) in [6, 6.07) is 7.58. The van der Waals surface area contributed by atoms with Gasteiger partial charge in [0, 0.05) is 18.0 Å². The lowest BCUT2D eigenvalue weighted by Crippen LogP contribution is -2.18. The number of halogens is 2. The molecule has 0 fully saturated rings. The summed E-state index contributed by atoms with van der Waals surface area (Å²) in [7, 11) is 0. The lowest BCUT2D eigenvalue weighted by atomic mass is 10.1. The summed E-state index contributed by atoms with van der Waals surface area (Å²) in [5.74, 6) is -1.62. The number of benzene rings is 1. The van der Waals surface area contributed by atoms with E-state index < -0.39 is 11.6 Å². The van der Waals surface area contributed by atoms with Crippen LogP contribution in [0, 0.1) is 11.6 Å². The van der Waals surface area contributed by atoms with Crippen molar-refractivity contribution in [2.24, 2.45) is 0 Å². The van der Waals surface area contributed by atoms with Gasteiger partial charge in [0.05, 0.1) is 6.04 Å². The SMILES string of the molecule is CC(Nn1cccc1)c1cccc(F)c1F. The Bertz CT molecular complexity index is 466. The smallest absolute Gasteiger partial charge is 0.164 e. The van der Waals surface area contributed by atoms with Crippen molar-refractivity contribution in [1.82, 2.24) is 4.68 Å². The second-order valence-corrected chi connectivity index (χ2v) is 3.58. The average Bonchev–Trinajstić information content (AvgIpc) is 2.74. The molecule has 1 aromatic carbocycles. The Morgan fingerprint density at radius 3 is 2.50 bits per heavy atom. The minimum absolute atomic E-state index is 0.303. The lowest BCUT2D eigenvalue weighted by Gasteiger charge is -2.17. The van der Waals surface area contributed by atoms with Gasteiger partial charge < -0.3 is 5.43 Å². The number of rotatable bonds is 3. The molecule has 0 spiro atoms. The Morgan fingerprint density at radius 2 is 1.81 bits per heavy atom. The molecule has 0 bridgehead atoms. The van der Waals surface area contributed by atoms with E-state index in [1.165, 1.54) is 6.07 Å². The van der Waals surface area contributed by atoms with Gasteiger partial charge in [-0.2, -0.15) is 0 Å². The van der Waals surface area contributed by atoms with Gasteiger partial charge in [0.1, 0.15) is 0 Å². The van der Waals surface area contributed by atoms with E-state index in [-0.39, 0.29) is 6.04 Å². The predicted molar refractivity (Wildman–Crippen MR) is 58.6 cm³/mol. The van der Waals surface area contributed by atoms with Gasteiger partial charge >= 0.3 is 0 Å². The molecule has 0 aliphatic heterocycles. The highest BCUT2D eigenvalue weighted by Crippen LogP contribution is 2.19. The maximum absolute atomic E-state index is 13.5. The highest BCUT2D eigenvalue weighted by molar-refractivity contribution is 5.23. The molecular weight excluding hydrogens is 210 g/mol. The van der Waals surface area contributed by atoms with E-state index in [1.807, 2.05) is 12.1 Å². The third kappa shape index (κ3) is 2.05. The second kappa shape index (κ2) is 4.35. The molecule has 0 aliphatic carbocycles. The van der Waals surface area contributed by atoms with Crippen molar-refractivity contribution in [1.29, 1.82) is 0 Å². The molecule has 2 rings (SSSR count). The van der Waals surface area contributed by atoms with Crippen LogP contribution in [0.4, 0.5) is 8.78 Å². The fraction of sp³-hybridized carbons (Fsp3) is 0.167. The Kier molecular flexibility index (Phi) is 2.90. The molecule has 16 heavy (non-hydrogen) atoms. The third-order valence-corrected chi connectivity index (χ3v) is 2.40. The fourth-order valence-corrected chi connectivity index (χ4v) is 1.57. The minimum Gasteiger partial charge on any atom is -0.319 e. The summed E-state index contributed by atoms with van der Waals surface area (Å²) in [6.07, 6.45) is 3.60. The van der Waals surface area contributed by atoms with Gasteiger partial charge in [-0.25, -0.2) is 8.78 Å². The number of nitrogens with zero attached hydrogens (tertiary/aromatic N) is 1. The summed E-state index contributed by atoms with van der Waals surface area (Å²) < 4.78 is 28.2. The van der Waals surface area contributed by atoms with Crippen molar-refractivity contribution < 1.29 is 8.78 Å². The second-order valence-electron chi connectivity index (χ2n) is 3.58. The Hall–Kier alpha value is -1.84. The molecule has 84 valence electrons. The van der Waals surface area contributed by atoms with Crippen molar-refractivity contribution in [3.63, 3.8) is 0 Å². The first-order valence-electron chi connectivity index (χ1n) is 5.02. The highest BCUT2D eigenvalue weighted by Gasteiger charge is 2.13. The van der Waals surface area contributed by atoms with Crippen molar-refractivity contribution in [2.45, 2.75) is 13.0 Å². The zero-order chi connectivity index (χ0) is 11.5. The van der Waals surface area contributed by atoms with Crippen molar-refractivity contribution in [3.8, 4) is 0 Å². The first-order chi connectivity index (χ1) is 7.68. The molecule has 0 saturated heterocycles. The van der Waals surface area contributed by atoms with Crippen molar-refractivity contribution >= 4 is 0 Å². The minimum atomic E-state index is -0.821. The molecule has 1 aromatic heterocycles. The van der Waals surface area contributed by atoms with Crippen LogP contribution in [-0.2, 0) is 0 Å². The van der Waals surface area contributed by atoms with E-state index in [0.29, 0.717) is 5.56 Å². The number of hydrogen-bond donors (Lipinski definition) is 1. The van der Waals surface area contributed by atoms with E-state index in [2.05, 4.69) is 5.43 Å². The topological polar surface area (TPSA) is 17.0 Å². The molecule has 2 aromatic rings. The van der Waals surface area contributed by atoms with E-state index in [1.54, 1.807) is 30.1 Å². The molecule has 1 atom stereocenters. The van der Waals surface area contributed by atoms with Crippen LogP contribution >= 0.6 is 0 Å². The van der Waals surface area contributed by atoms with Gasteiger partial charge in [0.15, 0.2) is 11.6 Å². The largest absolute Gasteiger partial charge is 0.319 e. The van der Waals surface area contributed by atoms with Crippen LogP contribution in [0.15, 0.2) is 42.7 Å². The first kappa shape index (κ1) is 10.7. The Balaban J connectivity index is 2.21. The number of aromatic nitrogens is 1. The molecular formula is C12H12F2N2. The lowest BCUT2D eigenvalue weighted by molar-refractivity contribution is 0.491. The van der Waals surface area contributed by atoms with Crippen LogP contribution < -0.4 is 5.43 Å². The number of hydrogen-bond acceptors (Lipinski definition) is 1. The summed E-state index contributed by atoms with van der Waals surface area (Å²) in [5.41, 5.74) is 3.33. The van der Waals surface area contributed by atoms with Gasteiger partial charge in [-0.15, -0.1) is 0 Å². The Morgan fingerprint density at radius 1 is 1.12 bits per heavy atom. The Labute approximate surface area is 92.5 Å². The van der Waals surface area contributed by atoms with Crippen LogP contribution in [0.5, 0.6) is 0 Å². The normalized spacial score (nSPS) is 12.4. The molecule has 1 heterocycles. The van der Waals surface area contributed by atoms with Crippen LogP contribution in [0.2, 0.25) is 0 Å². The monoisotopic (exact) mass is 222 g/mol. The number of nitrogens with one attached hydrogen (secondary N) is 1. The molecule has 2 nitrogen and oxygen atoms in total. The quantitative estimate of drug-likeness (QED) is 0.844. The first-order valence-corrected chi connectivity index (χ1v) is 5.02. The van der Waals surface area contributed by atoms with E-state index in [9.17, 15) is 8.78 Å². The van der Waals surface area contributed by atoms with Crippen molar-refractivity contribution in [2.75, 3.05) is 5.43 Å². The molecule has 0 radical (unpaired) electrons. The molecule has 0 amide bonds. The zero-order valence-corrected chi connectivity index (χ0v) is 8.82. The maximum atomic E-state index is 13.5. The standard InChI is InChI=1S/C12H12F2N2/c1-9(15-16-7-2-3-8-16)10-5-4-6-11(13)12(10)14/h2-9,15H,1H3. The maximum Gasteiger partial charge on any atom is 0.164 e. The highest BCUT2D eigenvalue weighted by atomic mass is 19.2. The van der Waals surface area contributed by atoms with Gasteiger partial charge in [-0.1, -0.05) is 12.1 Å². The summed E-state index contributed by atoms with van der Waals surface area (Å²) >= 11 is 0. The van der Waals surface area contributed by atoms with Gasteiger partial charge in [-0.3, -0.25) is 4.68 Å². The van der Waals surface area contributed by atoms with Gasteiger partial charge in [0.2, 0.25) is 0 Å². The van der Waals surface area contributed by atoms with Crippen molar-refractivity contribution in [3.05, 3.63) is 59.9 Å². The molecule has 0 aliphatic rings. The van der Waals surface area contributed by atoms with Gasteiger partial charge in [-0.05, 0) is 25.1 Å². The van der Waals surface area contributed by atoms with E-state index in [4.69, 9.17) is 0 Å². The van der Waals surface area contributed by atoms with Crippen LogP contribution in [0.1, 0.15) is 18.5 Å². The fourth-order valence-electron chi connectivity index (χ4n) is 1.57. The summed E-state index contributed by atoms with van der Waals surface area (Å²) in [6.45, 7) is 1.78. The molecule has 0 saturated carbocycles. The molecule has 1 N–H and O–H groups in total. The summed E-state index contributed by atoms with van der Waals surface area (Å²) in [5, 5.41) is 0. The molecule has 4 heteroatoms. The van der Waals surface area contributed by atoms with Crippen LogP contribution in [0.25, 0.3) is 0 Å². The predicted octanol–water partition coefficient (Wildman–Crippen LogP) is 3.07. The summed E-state index contributed by atoms with van der Waals surface area (Å²) in [4.78, 5) is 0. The van der Waals surface area contributed by atoms with Crippen LogP contribution in [-0.4, -0.2) is 4.68 Å². The zero-order valence-electron chi connectivity index (χ0n) is 8.82. The van der Waals surface area contributed by atoms with Crippen LogP contribution in [0.3, 0.4) is 0 Å². The van der Waals surface area contributed by atoms with E-state index in [0.717, 1.165) is 6.07 Å². The van der Waals surface area contributed by atoms with E-state index >= 15 is 0 Å². The molecule has 1 unspecified atom stereocenters. The third-order valence-electron chi connectivity index (χ3n) is 2.40.